The first kappa shape index (κ1) is 20.1. The van der Waals surface area contributed by atoms with Crippen LogP contribution in [0.15, 0.2) is 23.1 Å². The lowest BCUT2D eigenvalue weighted by Gasteiger charge is -2.22. The largest absolute Gasteiger partial charge is 0.444 e. The van der Waals surface area contributed by atoms with Crippen molar-refractivity contribution in [1.82, 2.24) is 30.1 Å². The summed E-state index contributed by atoms with van der Waals surface area (Å²) in [5.41, 5.74) is 8.90. The van der Waals surface area contributed by atoms with E-state index in [1.165, 1.54) is 0 Å². The summed E-state index contributed by atoms with van der Waals surface area (Å²) in [6.45, 7) is 7.42. The van der Waals surface area contributed by atoms with E-state index >= 15 is 0 Å². The molecule has 0 fully saturated rings. The summed E-state index contributed by atoms with van der Waals surface area (Å²) in [6, 6.07) is -0.0840. The van der Waals surface area contributed by atoms with Gasteiger partial charge < -0.3 is 15.8 Å². The van der Waals surface area contributed by atoms with Crippen LogP contribution in [0.5, 0.6) is 0 Å². The third-order valence-electron chi connectivity index (χ3n) is 4.08. The molecule has 0 radical (unpaired) electrons. The molecule has 3 aromatic rings. The summed E-state index contributed by atoms with van der Waals surface area (Å²) < 4.78 is 7.59. The van der Waals surface area contributed by atoms with E-state index < -0.39 is 11.7 Å². The average molecular weight is 450 g/mol. The summed E-state index contributed by atoms with van der Waals surface area (Å²) in [6.07, 6.45) is 6.07. The second kappa shape index (κ2) is 7.78. The fourth-order valence-electron chi connectivity index (χ4n) is 2.75. The zero-order valence-electron chi connectivity index (χ0n) is 16.3. The summed E-state index contributed by atoms with van der Waals surface area (Å²) in [4.78, 5) is 16.7. The minimum absolute atomic E-state index is 0.0840. The fraction of sp³-hybridized carbons (Fsp3) is 0.444. The molecule has 3 heterocycles. The Bertz CT molecular complexity index is 976. The maximum atomic E-state index is 11.9. The molecule has 1 amide bonds. The number of amides is 1. The van der Waals surface area contributed by atoms with Crippen LogP contribution in [0.25, 0.3) is 16.8 Å². The van der Waals surface area contributed by atoms with E-state index in [1.54, 1.807) is 23.1 Å². The molecule has 0 aliphatic rings. The van der Waals surface area contributed by atoms with Gasteiger partial charge in [-0.25, -0.2) is 9.78 Å². The first-order valence-corrected chi connectivity index (χ1v) is 9.75. The van der Waals surface area contributed by atoms with Crippen LogP contribution in [-0.4, -0.2) is 42.5 Å². The Labute approximate surface area is 171 Å². The molecule has 0 saturated heterocycles. The molecule has 0 aliphatic heterocycles. The van der Waals surface area contributed by atoms with Gasteiger partial charge in [-0.3, -0.25) is 5.10 Å². The molecule has 0 saturated carbocycles. The Balaban J connectivity index is 1.77. The quantitative estimate of drug-likeness (QED) is 0.548. The maximum absolute atomic E-state index is 11.9. The van der Waals surface area contributed by atoms with Gasteiger partial charge in [0.1, 0.15) is 11.4 Å². The standard InChI is InChI=1S/C18H24BrN7O2/c1-10(24-17(27)28-18(2,3)4)5-6-13-14(19)15(20)26-16(25-13)12(9-23-26)11-7-21-22-8-11/h7-10H,5-6,20H2,1-4H3,(H,21,22)(H,24,27). The van der Waals surface area contributed by atoms with E-state index in [9.17, 15) is 4.79 Å². The molecule has 0 aliphatic carbocycles. The third kappa shape index (κ3) is 4.44. The highest BCUT2D eigenvalue weighted by molar-refractivity contribution is 9.10. The minimum Gasteiger partial charge on any atom is -0.444 e. The van der Waals surface area contributed by atoms with E-state index in [0.29, 0.717) is 28.8 Å². The molecular weight excluding hydrogens is 426 g/mol. The number of nitrogens with one attached hydrogen (secondary N) is 2. The predicted molar refractivity (Wildman–Crippen MR) is 110 cm³/mol. The van der Waals surface area contributed by atoms with Gasteiger partial charge in [0.25, 0.3) is 0 Å². The Morgan fingerprint density at radius 2 is 2.18 bits per heavy atom. The molecule has 28 heavy (non-hydrogen) atoms. The SMILES string of the molecule is CC(CCc1nc2c(-c3cn[nH]c3)cnn2c(N)c1Br)NC(=O)OC(C)(C)C. The number of nitrogens with zero attached hydrogens (tertiary/aromatic N) is 4. The predicted octanol–water partition coefficient (Wildman–Crippen LogP) is 3.31. The number of nitrogens with two attached hydrogens (primary N) is 1. The molecule has 150 valence electrons. The van der Waals surface area contributed by atoms with Gasteiger partial charge >= 0.3 is 6.09 Å². The van der Waals surface area contributed by atoms with Crippen molar-refractivity contribution in [3.05, 3.63) is 28.8 Å². The molecular formula is C18H24BrN7O2. The van der Waals surface area contributed by atoms with Crippen molar-refractivity contribution in [3.8, 4) is 11.1 Å². The molecule has 9 nitrogen and oxygen atoms in total. The lowest BCUT2D eigenvalue weighted by Crippen LogP contribution is -2.37. The molecule has 0 aromatic carbocycles. The summed E-state index contributed by atoms with van der Waals surface area (Å²) >= 11 is 3.52. The fourth-order valence-corrected chi connectivity index (χ4v) is 3.20. The number of H-pyrrole nitrogens is 1. The first-order chi connectivity index (χ1) is 13.2. The highest BCUT2D eigenvalue weighted by Gasteiger charge is 2.19. The highest BCUT2D eigenvalue weighted by atomic mass is 79.9. The Hall–Kier alpha value is -2.62. The number of hydrogen-bond donors (Lipinski definition) is 3. The van der Waals surface area contributed by atoms with E-state index in [1.807, 2.05) is 27.7 Å². The molecule has 0 bridgehead atoms. The normalized spacial score (nSPS) is 12.9. The maximum Gasteiger partial charge on any atom is 0.407 e. The third-order valence-corrected chi connectivity index (χ3v) is 4.94. The summed E-state index contributed by atoms with van der Waals surface area (Å²) in [7, 11) is 0. The van der Waals surface area contributed by atoms with Gasteiger partial charge in [0, 0.05) is 23.4 Å². The number of aromatic nitrogens is 5. The zero-order valence-corrected chi connectivity index (χ0v) is 17.9. The molecule has 0 spiro atoms. The number of alkyl carbamates (subject to hydrolysis) is 1. The van der Waals surface area contributed by atoms with Crippen molar-refractivity contribution in [2.75, 3.05) is 5.73 Å². The van der Waals surface area contributed by atoms with Crippen LogP contribution in [0.3, 0.4) is 0 Å². The zero-order chi connectivity index (χ0) is 20.5. The number of halogens is 1. The monoisotopic (exact) mass is 449 g/mol. The number of ether oxygens (including phenoxy) is 1. The average Bonchev–Trinajstić information content (AvgIpc) is 3.24. The number of carbonyl (C=O) groups excluding carboxylic acids is 1. The number of anilines is 1. The van der Waals surface area contributed by atoms with Crippen LogP contribution < -0.4 is 11.1 Å². The molecule has 3 rings (SSSR count). The van der Waals surface area contributed by atoms with E-state index in [0.717, 1.165) is 16.8 Å². The van der Waals surface area contributed by atoms with Crippen molar-refractivity contribution < 1.29 is 9.53 Å². The smallest absolute Gasteiger partial charge is 0.407 e. The van der Waals surface area contributed by atoms with Gasteiger partial charge in [0.15, 0.2) is 5.65 Å². The van der Waals surface area contributed by atoms with Crippen LogP contribution in [-0.2, 0) is 11.2 Å². The lowest BCUT2D eigenvalue weighted by atomic mass is 10.1. The van der Waals surface area contributed by atoms with Crippen LogP contribution in [0.1, 0.15) is 39.8 Å². The second-order valence-corrected chi connectivity index (χ2v) is 8.42. The Morgan fingerprint density at radius 3 is 2.82 bits per heavy atom. The summed E-state index contributed by atoms with van der Waals surface area (Å²) in [5.74, 6) is 0.475. The Kier molecular flexibility index (Phi) is 5.59. The topological polar surface area (TPSA) is 123 Å². The van der Waals surface area contributed by atoms with Crippen LogP contribution >= 0.6 is 15.9 Å². The van der Waals surface area contributed by atoms with Gasteiger partial charge in [-0.15, -0.1) is 0 Å². The molecule has 1 atom stereocenters. The number of aromatic amines is 1. The van der Waals surface area contributed by atoms with Crippen molar-refractivity contribution >= 4 is 33.5 Å². The molecule has 10 heteroatoms. The second-order valence-electron chi connectivity index (χ2n) is 7.62. The van der Waals surface area contributed by atoms with Gasteiger partial charge in [0.2, 0.25) is 0 Å². The van der Waals surface area contributed by atoms with Gasteiger partial charge in [-0.05, 0) is 56.5 Å². The Morgan fingerprint density at radius 1 is 1.43 bits per heavy atom. The minimum atomic E-state index is -0.528. The van der Waals surface area contributed by atoms with Crippen LogP contribution in [0.4, 0.5) is 10.6 Å². The van der Waals surface area contributed by atoms with Crippen LogP contribution in [0, 0.1) is 0 Å². The number of nitrogen functional groups attached to an aromatic ring is 1. The van der Waals surface area contributed by atoms with E-state index in [4.69, 9.17) is 15.5 Å². The van der Waals surface area contributed by atoms with Crippen molar-refractivity contribution in [2.24, 2.45) is 0 Å². The number of fused-ring (bicyclic) bond motifs is 1. The van der Waals surface area contributed by atoms with Gasteiger partial charge in [0.05, 0.1) is 22.6 Å². The van der Waals surface area contributed by atoms with Crippen molar-refractivity contribution in [3.63, 3.8) is 0 Å². The molecule has 1 unspecified atom stereocenters. The van der Waals surface area contributed by atoms with Crippen molar-refractivity contribution in [2.45, 2.75) is 52.2 Å². The van der Waals surface area contributed by atoms with Crippen molar-refractivity contribution in [1.29, 1.82) is 0 Å². The number of aryl methyl sites for hydroxylation is 1. The summed E-state index contributed by atoms with van der Waals surface area (Å²) in [5, 5.41) is 13.9. The molecule has 3 aromatic heterocycles. The van der Waals surface area contributed by atoms with E-state index in [-0.39, 0.29) is 6.04 Å². The first-order valence-electron chi connectivity index (χ1n) is 8.96. The number of rotatable bonds is 5. The van der Waals surface area contributed by atoms with E-state index in [2.05, 4.69) is 36.5 Å². The van der Waals surface area contributed by atoms with Crippen LogP contribution in [0.2, 0.25) is 0 Å². The highest BCUT2D eigenvalue weighted by Crippen LogP contribution is 2.30. The molecule has 4 N–H and O–H groups in total. The van der Waals surface area contributed by atoms with Gasteiger partial charge in [-0.1, -0.05) is 0 Å². The van der Waals surface area contributed by atoms with Gasteiger partial charge in [-0.2, -0.15) is 14.7 Å². The number of hydrogen-bond acceptors (Lipinski definition) is 6. The number of carbonyl (C=O) groups is 1. The lowest BCUT2D eigenvalue weighted by molar-refractivity contribution is 0.0506.